The Hall–Kier alpha value is -2.79. The molecule has 0 saturated carbocycles. The molecule has 0 radical (unpaired) electrons. The number of fused-ring (bicyclic) bond motifs is 1. The number of benzene rings is 2. The van der Waals surface area contributed by atoms with Gasteiger partial charge in [0.05, 0.1) is 24.7 Å². The maximum absolute atomic E-state index is 12.4. The minimum Gasteiger partial charge on any atom is -0.497 e. The number of ether oxygens (including phenoxy) is 2. The van der Waals surface area contributed by atoms with Crippen molar-refractivity contribution in [3.8, 4) is 11.5 Å². The predicted octanol–water partition coefficient (Wildman–Crippen LogP) is 3.71. The number of hydrogen-bond donors (Lipinski definition) is 1. The Morgan fingerprint density at radius 1 is 1.16 bits per heavy atom. The van der Waals surface area contributed by atoms with Crippen LogP contribution in [0.25, 0.3) is 10.9 Å². The van der Waals surface area contributed by atoms with Gasteiger partial charge >= 0.3 is 0 Å². The molecule has 5 nitrogen and oxygen atoms in total. The van der Waals surface area contributed by atoms with E-state index in [0.717, 1.165) is 11.1 Å². The second kappa shape index (κ2) is 7.85. The lowest BCUT2D eigenvalue weighted by Gasteiger charge is -2.10. The smallest absolute Gasteiger partial charge is 0.253 e. The second-order valence-electron chi connectivity index (χ2n) is 5.31. The van der Waals surface area contributed by atoms with E-state index in [4.69, 9.17) is 21.1 Å². The maximum atomic E-state index is 12.4. The van der Waals surface area contributed by atoms with Gasteiger partial charge in [-0.1, -0.05) is 17.7 Å². The van der Waals surface area contributed by atoms with Gasteiger partial charge in [0.1, 0.15) is 18.1 Å². The monoisotopic (exact) mass is 356 g/mol. The van der Waals surface area contributed by atoms with Crippen LogP contribution in [0.15, 0.2) is 54.7 Å². The van der Waals surface area contributed by atoms with E-state index in [2.05, 4.69) is 10.3 Å². The van der Waals surface area contributed by atoms with E-state index < -0.39 is 0 Å². The number of aromatic nitrogens is 1. The van der Waals surface area contributed by atoms with Crippen LogP contribution in [-0.4, -0.2) is 31.2 Å². The zero-order valence-electron chi connectivity index (χ0n) is 13.7. The molecule has 1 amide bonds. The van der Waals surface area contributed by atoms with Gasteiger partial charge in [-0.15, -0.1) is 0 Å². The molecule has 1 aromatic heterocycles. The van der Waals surface area contributed by atoms with Crippen LogP contribution in [0.5, 0.6) is 11.5 Å². The van der Waals surface area contributed by atoms with Gasteiger partial charge in [0.25, 0.3) is 5.91 Å². The van der Waals surface area contributed by atoms with Gasteiger partial charge in [-0.05, 0) is 42.5 Å². The molecular weight excluding hydrogens is 340 g/mol. The van der Waals surface area contributed by atoms with E-state index in [1.165, 1.54) is 0 Å². The van der Waals surface area contributed by atoms with Crippen molar-refractivity contribution in [1.29, 1.82) is 0 Å². The molecule has 0 bridgehead atoms. The standard InChI is InChI=1S/C19H17ClN2O3/c1-24-15-4-6-16(7-5-15)25-10-9-22-19(23)17-12-14(20)11-13-3-2-8-21-18(13)17/h2-8,11-12H,9-10H2,1H3,(H,22,23). The minimum absolute atomic E-state index is 0.232. The molecule has 0 aliphatic heterocycles. The summed E-state index contributed by atoms with van der Waals surface area (Å²) in [5.74, 6) is 1.25. The Morgan fingerprint density at radius 2 is 1.92 bits per heavy atom. The number of rotatable bonds is 6. The van der Waals surface area contributed by atoms with E-state index in [1.807, 2.05) is 36.4 Å². The number of halogens is 1. The lowest BCUT2D eigenvalue weighted by atomic mass is 10.1. The predicted molar refractivity (Wildman–Crippen MR) is 97.6 cm³/mol. The Labute approximate surface area is 150 Å². The molecule has 0 fully saturated rings. The fraction of sp³-hybridized carbons (Fsp3) is 0.158. The van der Waals surface area contributed by atoms with Crippen molar-refractivity contribution < 1.29 is 14.3 Å². The number of nitrogens with one attached hydrogen (secondary N) is 1. The fourth-order valence-electron chi connectivity index (χ4n) is 2.43. The molecule has 25 heavy (non-hydrogen) atoms. The lowest BCUT2D eigenvalue weighted by molar-refractivity contribution is 0.0948. The number of amides is 1. The van der Waals surface area contributed by atoms with Crippen molar-refractivity contribution in [3.05, 3.63) is 65.3 Å². The fourth-order valence-corrected chi connectivity index (χ4v) is 2.66. The summed E-state index contributed by atoms with van der Waals surface area (Å²) in [7, 11) is 1.61. The summed E-state index contributed by atoms with van der Waals surface area (Å²) >= 11 is 6.09. The van der Waals surface area contributed by atoms with Gasteiger partial charge in [-0.2, -0.15) is 0 Å². The first kappa shape index (κ1) is 17.0. The zero-order valence-corrected chi connectivity index (χ0v) is 14.4. The molecule has 0 atom stereocenters. The number of hydrogen-bond acceptors (Lipinski definition) is 4. The molecule has 3 aromatic rings. The van der Waals surface area contributed by atoms with Crippen LogP contribution in [-0.2, 0) is 0 Å². The summed E-state index contributed by atoms with van der Waals surface area (Å²) in [4.78, 5) is 16.7. The van der Waals surface area contributed by atoms with E-state index in [-0.39, 0.29) is 5.91 Å². The molecule has 0 saturated heterocycles. The zero-order chi connectivity index (χ0) is 17.6. The van der Waals surface area contributed by atoms with Gasteiger partial charge in [0, 0.05) is 16.6 Å². The SMILES string of the molecule is COc1ccc(OCCNC(=O)c2cc(Cl)cc3cccnc23)cc1. The molecule has 2 aromatic carbocycles. The number of pyridine rings is 1. The highest BCUT2D eigenvalue weighted by atomic mass is 35.5. The third kappa shape index (κ3) is 4.19. The number of nitrogens with zero attached hydrogens (tertiary/aromatic N) is 1. The Bertz CT molecular complexity index is 881. The first-order valence-electron chi connectivity index (χ1n) is 7.77. The van der Waals surface area contributed by atoms with E-state index >= 15 is 0 Å². The molecule has 0 aliphatic carbocycles. The summed E-state index contributed by atoms with van der Waals surface area (Å²) in [6.07, 6.45) is 1.65. The molecule has 1 N–H and O–H groups in total. The summed E-state index contributed by atoms with van der Waals surface area (Å²) < 4.78 is 10.7. The van der Waals surface area contributed by atoms with Crippen LogP contribution in [0.1, 0.15) is 10.4 Å². The maximum Gasteiger partial charge on any atom is 0.253 e. The Morgan fingerprint density at radius 3 is 2.68 bits per heavy atom. The molecule has 1 heterocycles. The third-order valence-corrected chi connectivity index (χ3v) is 3.85. The number of methoxy groups -OCH3 is 1. The Balaban J connectivity index is 1.59. The van der Waals surface area contributed by atoms with Crippen LogP contribution in [0.3, 0.4) is 0 Å². The van der Waals surface area contributed by atoms with E-state index in [0.29, 0.717) is 35.0 Å². The molecule has 3 rings (SSSR count). The normalized spacial score (nSPS) is 10.5. The minimum atomic E-state index is -0.232. The summed E-state index contributed by atoms with van der Waals surface area (Å²) in [5.41, 5.74) is 1.08. The number of carbonyl (C=O) groups excluding carboxylic acids is 1. The third-order valence-electron chi connectivity index (χ3n) is 3.63. The molecule has 0 unspecified atom stereocenters. The summed E-state index contributed by atoms with van der Waals surface area (Å²) in [5, 5.41) is 4.15. The van der Waals surface area contributed by atoms with Gasteiger partial charge in [-0.25, -0.2) is 0 Å². The van der Waals surface area contributed by atoms with Crippen molar-refractivity contribution in [2.75, 3.05) is 20.3 Å². The van der Waals surface area contributed by atoms with Crippen molar-refractivity contribution >= 4 is 28.4 Å². The summed E-state index contributed by atoms with van der Waals surface area (Å²) in [6.45, 7) is 0.718. The van der Waals surface area contributed by atoms with Gasteiger partial charge in [-0.3, -0.25) is 9.78 Å². The molecule has 6 heteroatoms. The van der Waals surface area contributed by atoms with Crippen molar-refractivity contribution in [3.63, 3.8) is 0 Å². The topological polar surface area (TPSA) is 60.5 Å². The summed E-state index contributed by atoms with van der Waals surface area (Å²) in [6, 6.07) is 14.4. The molecule has 0 aliphatic rings. The van der Waals surface area contributed by atoms with Crippen molar-refractivity contribution in [2.24, 2.45) is 0 Å². The first-order valence-corrected chi connectivity index (χ1v) is 8.14. The molecular formula is C19H17ClN2O3. The van der Waals surface area contributed by atoms with Gasteiger partial charge in [0.2, 0.25) is 0 Å². The average Bonchev–Trinajstić information content (AvgIpc) is 2.64. The highest BCUT2D eigenvalue weighted by Gasteiger charge is 2.12. The highest BCUT2D eigenvalue weighted by molar-refractivity contribution is 6.32. The van der Waals surface area contributed by atoms with E-state index in [1.54, 1.807) is 25.4 Å². The van der Waals surface area contributed by atoms with Crippen LogP contribution in [0.4, 0.5) is 0 Å². The van der Waals surface area contributed by atoms with Crippen molar-refractivity contribution in [2.45, 2.75) is 0 Å². The van der Waals surface area contributed by atoms with Crippen LogP contribution >= 0.6 is 11.6 Å². The van der Waals surface area contributed by atoms with Crippen LogP contribution in [0.2, 0.25) is 5.02 Å². The van der Waals surface area contributed by atoms with Crippen LogP contribution < -0.4 is 14.8 Å². The van der Waals surface area contributed by atoms with Gasteiger partial charge < -0.3 is 14.8 Å². The van der Waals surface area contributed by atoms with Crippen molar-refractivity contribution in [1.82, 2.24) is 10.3 Å². The molecule has 0 spiro atoms. The van der Waals surface area contributed by atoms with E-state index in [9.17, 15) is 4.79 Å². The Kier molecular flexibility index (Phi) is 5.36. The quantitative estimate of drug-likeness (QED) is 0.684. The number of carbonyl (C=O) groups is 1. The van der Waals surface area contributed by atoms with Crippen LogP contribution in [0, 0.1) is 0 Å². The van der Waals surface area contributed by atoms with Gasteiger partial charge in [0.15, 0.2) is 0 Å². The average molecular weight is 357 g/mol. The lowest BCUT2D eigenvalue weighted by Crippen LogP contribution is -2.28. The highest BCUT2D eigenvalue weighted by Crippen LogP contribution is 2.22. The first-order chi connectivity index (χ1) is 12.2. The molecule has 128 valence electrons. The largest absolute Gasteiger partial charge is 0.497 e. The second-order valence-corrected chi connectivity index (χ2v) is 5.74.